The SMILES string of the molecule is O=C(OCCBr)c1ccc2ccccc2c1. The van der Waals surface area contributed by atoms with E-state index in [9.17, 15) is 4.79 Å². The van der Waals surface area contributed by atoms with Crippen molar-refractivity contribution in [3.8, 4) is 0 Å². The van der Waals surface area contributed by atoms with Gasteiger partial charge in [0.1, 0.15) is 6.61 Å². The number of hydrogen-bond acceptors (Lipinski definition) is 2. The quantitative estimate of drug-likeness (QED) is 0.636. The second-order valence-electron chi connectivity index (χ2n) is 3.39. The zero-order chi connectivity index (χ0) is 11.4. The highest BCUT2D eigenvalue weighted by Crippen LogP contribution is 2.16. The molecular formula is C13H11BrO2. The van der Waals surface area contributed by atoms with E-state index in [0.29, 0.717) is 17.5 Å². The third kappa shape index (κ3) is 2.42. The molecule has 0 N–H and O–H groups in total. The molecule has 2 aromatic carbocycles. The Morgan fingerprint density at radius 3 is 2.62 bits per heavy atom. The Morgan fingerprint density at radius 2 is 1.88 bits per heavy atom. The van der Waals surface area contributed by atoms with Crippen molar-refractivity contribution in [2.45, 2.75) is 0 Å². The third-order valence-corrected chi connectivity index (χ3v) is 2.62. The minimum Gasteiger partial charge on any atom is -0.461 e. The fraction of sp³-hybridized carbons (Fsp3) is 0.154. The molecule has 0 unspecified atom stereocenters. The number of hydrogen-bond donors (Lipinski definition) is 0. The number of carbonyl (C=O) groups is 1. The zero-order valence-electron chi connectivity index (χ0n) is 8.65. The summed E-state index contributed by atoms with van der Waals surface area (Å²) in [5.41, 5.74) is 0.597. The normalized spacial score (nSPS) is 10.3. The second kappa shape index (κ2) is 5.12. The molecule has 0 atom stereocenters. The van der Waals surface area contributed by atoms with E-state index in [-0.39, 0.29) is 5.97 Å². The van der Waals surface area contributed by atoms with Crippen LogP contribution < -0.4 is 0 Å². The van der Waals surface area contributed by atoms with Crippen molar-refractivity contribution in [3.63, 3.8) is 0 Å². The fourth-order valence-corrected chi connectivity index (χ4v) is 1.69. The molecule has 0 fully saturated rings. The molecule has 2 rings (SSSR count). The summed E-state index contributed by atoms with van der Waals surface area (Å²) in [5.74, 6) is -0.273. The lowest BCUT2D eigenvalue weighted by Gasteiger charge is -2.04. The first-order valence-corrected chi connectivity index (χ1v) is 6.15. The summed E-state index contributed by atoms with van der Waals surface area (Å²) >= 11 is 3.21. The summed E-state index contributed by atoms with van der Waals surface area (Å²) in [5, 5.41) is 2.84. The van der Waals surface area contributed by atoms with Crippen molar-refractivity contribution >= 4 is 32.7 Å². The molecule has 16 heavy (non-hydrogen) atoms. The van der Waals surface area contributed by atoms with Gasteiger partial charge in [0.05, 0.1) is 5.56 Å². The number of rotatable bonds is 3. The standard InChI is InChI=1S/C13H11BrO2/c14-7-8-16-13(15)12-6-5-10-3-1-2-4-11(10)9-12/h1-6,9H,7-8H2. The zero-order valence-corrected chi connectivity index (χ0v) is 10.2. The van der Waals surface area contributed by atoms with Crippen LogP contribution in [0.15, 0.2) is 42.5 Å². The van der Waals surface area contributed by atoms with E-state index in [0.717, 1.165) is 10.8 Å². The first-order valence-electron chi connectivity index (χ1n) is 5.03. The van der Waals surface area contributed by atoms with Gasteiger partial charge in [-0.3, -0.25) is 0 Å². The fourth-order valence-electron chi connectivity index (χ4n) is 1.53. The van der Waals surface area contributed by atoms with Gasteiger partial charge in [-0.25, -0.2) is 4.79 Å². The molecule has 0 heterocycles. The Morgan fingerprint density at radius 1 is 1.12 bits per heavy atom. The average molecular weight is 279 g/mol. The molecule has 0 saturated heterocycles. The summed E-state index contributed by atoms with van der Waals surface area (Å²) in [7, 11) is 0. The van der Waals surface area contributed by atoms with Crippen molar-refractivity contribution in [1.82, 2.24) is 0 Å². The smallest absolute Gasteiger partial charge is 0.338 e. The highest BCUT2D eigenvalue weighted by Gasteiger charge is 2.06. The summed E-state index contributed by atoms with van der Waals surface area (Å²) in [4.78, 5) is 11.6. The van der Waals surface area contributed by atoms with Crippen LogP contribution in [0.3, 0.4) is 0 Å². The molecule has 0 spiro atoms. The van der Waals surface area contributed by atoms with Crippen LogP contribution in [0.4, 0.5) is 0 Å². The molecule has 0 aliphatic rings. The number of esters is 1. The Hall–Kier alpha value is -1.35. The van der Waals surface area contributed by atoms with Crippen molar-refractivity contribution in [2.75, 3.05) is 11.9 Å². The molecule has 0 radical (unpaired) electrons. The van der Waals surface area contributed by atoms with Gasteiger partial charge < -0.3 is 4.74 Å². The Labute approximate surface area is 102 Å². The number of benzene rings is 2. The van der Waals surface area contributed by atoms with Gasteiger partial charge in [0, 0.05) is 5.33 Å². The van der Waals surface area contributed by atoms with E-state index in [1.807, 2.05) is 36.4 Å². The molecule has 0 aliphatic heterocycles. The minimum atomic E-state index is -0.273. The van der Waals surface area contributed by atoms with Crippen LogP contribution in [0.2, 0.25) is 0 Å². The van der Waals surface area contributed by atoms with Crippen LogP contribution in [-0.4, -0.2) is 17.9 Å². The number of alkyl halides is 1. The summed E-state index contributed by atoms with van der Waals surface area (Å²) in [6, 6.07) is 13.5. The van der Waals surface area contributed by atoms with Crippen molar-refractivity contribution in [2.24, 2.45) is 0 Å². The average Bonchev–Trinajstić information content (AvgIpc) is 2.35. The van der Waals surface area contributed by atoms with Crippen LogP contribution >= 0.6 is 15.9 Å². The predicted molar refractivity (Wildman–Crippen MR) is 68.0 cm³/mol. The van der Waals surface area contributed by atoms with Gasteiger partial charge >= 0.3 is 5.97 Å². The maximum absolute atomic E-state index is 11.6. The monoisotopic (exact) mass is 278 g/mol. The van der Waals surface area contributed by atoms with E-state index < -0.39 is 0 Å². The lowest BCUT2D eigenvalue weighted by atomic mass is 10.1. The first-order chi connectivity index (χ1) is 7.81. The van der Waals surface area contributed by atoms with Crippen LogP contribution in [0.1, 0.15) is 10.4 Å². The number of fused-ring (bicyclic) bond motifs is 1. The molecule has 0 aliphatic carbocycles. The third-order valence-electron chi connectivity index (χ3n) is 2.30. The number of carbonyl (C=O) groups excluding carboxylic acids is 1. The summed E-state index contributed by atoms with van der Waals surface area (Å²) in [6.07, 6.45) is 0. The highest BCUT2D eigenvalue weighted by molar-refractivity contribution is 9.09. The van der Waals surface area contributed by atoms with Gasteiger partial charge in [-0.15, -0.1) is 0 Å². The maximum atomic E-state index is 11.6. The Kier molecular flexibility index (Phi) is 3.57. The Bertz CT molecular complexity index is 508. The van der Waals surface area contributed by atoms with Gasteiger partial charge in [0.25, 0.3) is 0 Å². The Balaban J connectivity index is 2.28. The largest absolute Gasteiger partial charge is 0.461 e. The highest BCUT2D eigenvalue weighted by atomic mass is 79.9. The van der Waals surface area contributed by atoms with E-state index in [1.165, 1.54) is 0 Å². The first kappa shape index (κ1) is 11.1. The van der Waals surface area contributed by atoms with Gasteiger partial charge in [0.2, 0.25) is 0 Å². The van der Waals surface area contributed by atoms with Gasteiger partial charge in [-0.2, -0.15) is 0 Å². The molecule has 2 nitrogen and oxygen atoms in total. The van der Waals surface area contributed by atoms with E-state index in [4.69, 9.17) is 4.74 Å². The molecule has 0 saturated carbocycles. The summed E-state index contributed by atoms with van der Waals surface area (Å²) < 4.78 is 5.04. The minimum absolute atomic E-state index is 0.273. The lowest BCUT2D eigenvalue weighted by molar-refractivity contribution is 0.0531. The topological polar surface area (TPSA) is 26.3 Å². The van der Waals surface area contributed by atoms with Crippen LogP contribution in [-0.2, 0) is 4.74 Å². The number of halogens is 1. The van der Waals surface area contributed by atoms with E-state index >= 15 is 0 Å². The van der Waals surface area contributed by atoms with Gasteiger partial charge in [0.15, 0.2) is 0 Å². The molecule has 0 amide bonds. The maximum Gasteiger partial charge on any atom is 0.338 e. The van der Waals surface area contributed by atoms with Crippen molar-refractivity contribution < 1.29 is 9.53 Å². The van der Waals surface area contributed by atoms with Crippen LogP contribution in [0.25, 0.3) is 10.8 Å². The van der Waals surface area contributed by atoms with Crippen LogP contribution in [0, 0.1) is 0 Å². The van der Waals surface area contributed by atoms with E-state index in [2.05, 4.69) is 15.9 Å². The lowest BCUT2D eigenvalue weighted by Crippen LogP contribution is -2.06. The molecule has 2 aromatic rings. The van der Waals surface area contributed by atoms with Gasteiger partial charge in [-0.05, 0) is 22.9 Å². The van der Waals surface area contributed by atoms with Crippen molar-refractivity contribution in [1.29, 1.82) is 0 Å². The molecule has 0 aromatic heterocycles. The summed E-state index contributed by atoms with van der Waals surface area (Å²) in [6.45, 7) is 0.395. The van der Waals surface area contributed by atoms with Crippen molar-refractivity contribution in [3.05, 3.63) is 48.0 Å². The molecule has 0 bridgehead atoms. The molecule has 82 valence electrons. The van der Waals surface area contributed by atoms with E-state index in [1.54, 1.807) is 6.07 Å². The number of ether oxygens (including phenoxy) is 1. The van der Waals surface area contributed by atoms with Gasteiger partial charge in [-0.1, -0.05) is 46.3 Å². The molecular weight excluding hydrogens is 268 g/mol. The second-order valence-corrected chi connectivity index (χ2v) is 4.18. The molecule has 3 heteroatoms. The predicted octanol–water partition coefficient (Wildman–Crippen LogP) is 3.39. The van der Waals surface area contributed by atoms with Crippen LogP contribution in [0.5, 0.6) is 0 Å².